The highest BCUT2D eigenvalue weighted by molar-refractivity contribution is 7.17. The van der Waals surface area contributed by atoms with Crippen molar-refractivity contribution in [1.29, 1.82) is 5.26 Å². The third-order valence-corrected chi connectivity index (χ3v) is 8.07. The van der Waals surface area contributed by atoms with Crippen molar-refractivity contribution in [1.82, 2.24) is 0 Å². The van der Waals surface area contributed by atoms with E-state index in [0.29, 0.717) is 37.7 Å². The number of anilines is 1. The van der Waals surface area contributed by atoms with E-state index >= 15 is 0 Å². The molecule has 0 saturated heterocycles. The van der Waals surface area contributed by atoms with Crippen molar-refractivity contribution in [3.05, 3.63) is 79.1 Å². The lowest BCUT2D eigenvalue weighted by molar-refractivity contribution is -0.112. The molecule has 3 aromatic rings. The van der Waals surface area contributed by atoms with Crippen LogP contribution in [0.1, 0.15) is 51.7 Å². The summed E-state index contributed by atoms with van der Waals surface area (Å²) in [4.78, 5) is 26.9. The molecule has 1 aromatic heterocycles. The number of ether oxygens (including phenoxy) is 3. The third kappa shape index (κ3) is 6.74. The van der Waals surface area contributed by atoms with Crippen LogP contribution in [0.2, 0.25) is 10.0 Å². The molecule has 7 nitrogen and oxygen atoms in total. The summed E-state index contributed by atoms with van der Waals surface area (Å²) < 4.78 is 16.6. The first-order chi connectivity index (χ1) is 18.8. The number of carbonyl (C=O) groups excluding carboxylic acids is 2. The Hall–Kier alpha value is -3.51. The number of thiophene rings is 1. The molecule has 0 spiro atoms. The fourth-order valence-electron chi connectivity index (χ4n) is 4.24. The van der Waals surface area contributed by atoms with Gasteiger partial charge in [0.15, 0.2) is 11.5 Å². The molecule has 2 aromatic carbocycles. The molecule has 39 heavy (non-hydrogen) atoms. The van der Waals surface area contributed by atoms with Crippen molar-refractivity contribution >= 4 is 57.5 Å². The Labute approximate surface area is 240 Å². The number of nitrogens with one attached hydrogen (secondary N) is 1. The molecule has 1 amide bonds. The molecule has 1 heterocycles. The molecule has 0 unspecified atom stereocenters. The van der Waals surface area contributed by atoms with Crippen LogP contribution in [0.4, 0.5) is 5.00 Å². The smallest absolute Gasteiger partial charge is 0.341 e. The van der Waals surface area contributed by atoms with Crippen molar-refractivity contribution < 1.29 is 23.8 Å². The minimum Gasteiger partial charge on any atom is -0.493 e. The molecule has 1 N–H and O–H groups in total. The second kappa shape index (κ2) is 13.0. The Kier molecular flexibility index (Phi) is 9.52. The third-order valence-electron chi connectivity index (χ3n) is 6.12. The van der Waals surface area contributed by atoms with Gasteiger partial charge in [-0.05, 0) is 79.6 Å². The predicted octanol–water partition coefficient (Wildman–Crippen LogP) is 7.24. The van der Waals surface area contributed by atoms with Gasteiger partial charge in [-0.1, -0.05) is 35.3 Å². The Balaban J connectivity index is 1.53. The molecule has 0 fully saturated rings. The number of nitrogens with zero attached hydrogens (tertiary/aromatic N) is 1. The quantitative estimate of drug-likeness (QED) is 0.162. The summed E-state index contributed by atoms with van der Waals surface area (Å²) in [6, 6.07) is 12.3. The Bertz CT molecular complexity index is 1480. The van der Waals surface area contributed by atoms with Crippen LogP contribution >= 0.6 is 34.5 Å². The maximum Gasteiger partial charge on any atom is 0.341 e. The topological polar surface area (TPSA) is 97.7 Å². The lowest BCUT2D eigenvalue weighted by atomic mass is 9.95. The number of benzene rings is 2. The highest BCUT2D eigenvalue weighted by Gasteiger charge is 2.27. The molecule has 0 atom stereocenters. The molecule has 0 saturated carbocycles. The normalized spacial score (nSPS) is 12.7. The minimum atomic E-state index is -0.611. The van der Waals surface area contributed by atoms with Gasteiger partial charge in [0.1, 0.15) is 23.3 Å². The number of hydrogen-bond donors (Lipinski definition) is 1. The van der Waals surface area contributed by atoms with Crippen molar-refractivity contribution in [3.8, 4) is 17.6 Å². The number of esters is 1. The SMILES string of the molecule is CCOC(=O)c1c(NC(=O)/C(C#N)=C/c2ccc(OCc3ccc(Cl)c(Cl)c3)c(OC)c2)sc2c1CCCC2. The van der Waals surface area contributed by atoms with E-state index in [1.807, 2.05) is 12.1 Å². The first kappa shape index (κ1) is 28.5. The number of methoxy groups -OCH3 is 1. The van der Waals surface area contributed by atoms with Crippen molar-refractivity contribution in [2.75, 3.05) is 19.0 Å². The largest absolute Gasteiger partial charge is 0.493 e. The van der Waals surface area contributed by atoms with Gasteiger partial charge in [-0.3, -0.25) is 4.79 Å². The molecule has 202 valence electrons. The van der Waals surface area contributed by atoms with Crippen LogP contribution < -0.4 is 14.8 Å². The number of rotatable bonds is 9. The minimum absolute atomic E-state index is 0.122. The van der Waals surface area contributed by atoms with Gasteiger partial charge in [-0.2, -0.15) is 5.26 Å². The average molecular weight is 586 g/mol. The zero-order valence-electron chi connectivity index (χ0n) is 21.4. The van der Waals surface area contributed by atoms with E-state index in [2.05, 4.69) is 5.32 Å². The summed E-state index contributed by atoms with van der Waals surface area (Å²) in [6.07, 6.45) is 5.07. The van der Waals surface area contributed by atoms with E-state index in [-0.39, 0.29) is 18.8 Å². The van der Waals surface area contributed by atoms with Crippen LogP contribution in [0.25, 0.3) is 6.08 Å². The highest BCUT2D eigenvalue weighted by Crippen LogP contribution is 2.39. The van der Waals surface area contributed by atoms with Crippen LogP contribution in [0, 0.1) is 11.3 Å². The zero-order chi connectivity index (χ0) is 27.9. The highest BCUT2D eigenvalue weighted by atomic mass is 35.5. The standard InChI is InChI=1S/C29H26Cl2N2O5S/c1-3-37-29(35)26-20-6-4-5-7-25(20)39-28(26)33-27(34)19(15-32)12-17-9-11-23(24(14-17)36-2)38-16-18-8-10-21(30)22(31)13-18/h8-14H,3-7,16H2,1-2H3,(H,33,34)/b19-12+. The van der Waals surface area contributed by atoms with Crippen LogP contribution in [0.5, 0.6) is 11.5 Å². The maximum atomic E-state index is 13.1. The summed E-state index contributed by atoms with van der Waals surface area (Å²) in [6.45, 7) is 2.21. The predicted molar refractivity (Wildman–Crippen MR) is 153 cm³/mol. The van der Waals surface area contributed by atoms with Crippen LogP contribution in [-0.2, 0) is 29.0 Å². The summed E-state index contributed by atoms with van der Waals surface area (Å²) in [7, 11) is 1.50. The van der Waals surface area contributed by atoms with Gasteiger partial charge >= 0.3 is 5.97 Å². The summed E-state index contributed by atoms with van der Waals surface area (Å²) in [5.41, 5.74) is 2.60. The van der Waals surface area contributed by atoms with E-state index in [0.717, 1.165) is 41.7 Å². The van der Waals surface area contributed by atoms with Crippen molar-refractivity contribution in [3.63, 3.8) is 0 Å². The lowest BCUT2D eigenvalue weighted by Gasteiger charge is -2.12. The number of nitriles is 1. The number of amides is 1. The van der Waals surface area contributed by atoms with E-state index in [1.54, 1.807) is 37.3 Å². The van der Waals surface area contributed by atoms with E-state index in [1.165, 1.54) is 24.5 Å². The fraction of sp³-hybridized carbons (Fsp3) is 0.276. The van der Waals surface area contributed by atoms with Crippen LogP contribution in [-0.4, -0.2) is 25.6 Å². The first-order valence-electron chi connectivity index (χ1n) is 12.3. The fourth-order valence-corrected chi connectivity index (χ4v) is 5.84. The molecular formula is C29H26Cl2N2O5S. The summed E-state index contributed by atoms with van der Waals surface area (Å²) in [5, 5.41) is 13.8. The number of halogens is 2. The van der Waals surface area contributed by atoms with Gasteiger partial charge in [0, 0.05) is 4.88 Å². The van der Waals surface area contributed by atoms with E-state index < -0.39 is 11.9 Å². The molecular weight excluding hydrogens is 559 g/mol. The maximum absolute atomic E-state index is 13.1. The van der Waals surface area contributed by atoms with Gasteiger partial charge in [0.05, 0.1) is 29.3 Å². The first-order valence-corrected chi connectivity index (χ1v) is 13.9. The molecule has 10 heteroatoms. The lowest BCUT2D eigenvalue weighted by Crippen LogP contribution is -2.16. The Morgan fingerprint density at radius 1 is 1.10 bits per heavy atom. The van der Waals surface area contributed by atoms with Crippen molar-refractivity contribution in [2.45, 2.75) is 39.2 Å². The van der Waals surface area contributed by atoms with E-state index in [4.69, 9.17) is 37.4 Å². The molecule has 0 bridgehead atoms. The summed E-state index contributed by atoms with van der Waals surface area (Å²) in [5.74, 6) is -0.166. The number of fused-ring (bicyclic) bond motifs is 1. The summed E-state index contributed by atoms with van der Waals surface area (Å²) >= 11 is 13.4. The molecule has 1 aliphatic carbocycles. The molecule has 4 rings (SSSR count). The molecule has 0 radical (unpaired) electrons. The zero-order valence-corrected chi connectivity index (χ0v) is 23.8. The van der Waals surface area contributed by atoms with Crippen molar-refractivity contribution in [2.24, 2.45) is 0 Å². The van der Waals surface area contributed by atoms with Gasteiger partial charge in [-0.25, -0.2) is 4.79 Å². The number of hydrogen-bond acceptors (Lipinski definition) is 7. The van der Waals surface area contributed by atoms with Gasteiger partial charge in [0.25, 0.3) is 5.91 Å². The monoisotopic (exact) mass is 584 g/mol. The second-order valence-electron chi connectivity index (χ2n) is 8.71. The number of carbonyl (C=O) groups is 2. The van der Waals surface area contributed by atoms with E-state index in [9.17, 15) is 14.9 Å². The van der Waals surface area contributed by atoms with Gasteiger partial charge in [0.2, 0.25) is 0 Å². The average Bonchev–Trinajstić information content (AvgIpc) is 3.30. The second-order valence-corrected chi connectivity index (χ2v) is 10.6. The molecule has 0 aliphatic heterocycles. The van der Waals surface area contributed by atoms with Crippen LogP contribution in [0.15, 0.2) is 42.0 Å². The van der Waals surface area contributed by atoms with Gasteiger partial charge < -0.3 is 19.5 Å². The Morgan fingerprint density at radius 2 is 1.90 bits per heavy atom. The van der Waals surface area contributed by atoms with Crippen LogP contribution in [0.3, 0.4) is 0 Å². The number of aryl methyl sites for hydroxylation is 1. The Morgan fingerprint density at radius 3 is 2.62 bits per heavy atom. The molecule has 1 aliphatic rings. The van der Waals surface area contributed by atoms with Gasteiger partial charge in [-0.15, -0.1) is 11.3 Å².